The molecular formula is C21H32N4O. The summed E-state index contributed by atoms with van der Waals surface area (Å²) in [6.07, 6.45) is 11.9. The van der Waals surface area contributed by atoms with Crippen LogP contribution in [0, 0.1) is 0 Å². The number of pyridine rings is 1. The largest absolute Gasteiger partial charge is 0.357 e. The number of anilines is 1. The summed E-state index contributed by atoms with van der Waals surface area (Å²) in [7, 11) is 0. The average Bonchev–Trinajstić information content (AvgIpc) is 3.34. The minimum Gasteiger partial charge on any atom is -0.357 e. The van der Waals surface area contributed by atoms with E-state index in [1.807, 2.05) is 12.1 Å². The first-order valence-electron chi connectivity index (χ1n) is 10.5. The van der Waals surface area contributed by atoms with Gasteiger partial charge in [-0.2, -0.15) is 0 Å². The monoisotopic (exact) mass is 356 g/mol. The van der Waals surface area contributed by atoms with Crippen molar-refractivity contribution in [2.75, 3.05) is 31.1 Å². The zero-order valence-corrected chi connectivity index (χ0v) is 16.0. The van der Waals surface area contributed by atoms with Gasteiger partial charge in [-0.3, -0.25) is 4.79 Å². The second kappa shape index (κ2) is 7.55. The molecule has 0 aromatic carbocycles. The summed E-state index contributed by atoms with van der Waals surface area (Å²) in [4.78, 5) is 22.1. The number of nitrogens with zero attached hydrogens (tertiary/aromatic N) is 3. The maximum absolute atomic E-state index is 13.3. The van der Waals surface area contributed by atoms with Crippen molar-refractivity contribution >= 4 is 11.7 Å². The third-order valence-electron chi connectivity index (χ3n) is 6.61. The van der Waals surface area contributed by atoms with Gasteiger partial charge < -0.3 is 15.1 Å². The number of aromatic nitrogens is 1. The van der Waals surface area contributed by atoms with Crippen LogP contribution >= 0.6 is 0 Å². The number of hydrogen-bond donors (Lipinski definition) is 1. The Morgan fingerprint density at radius 2 is 2.04 bits per heavy atom. The van der Waals surface area contributed by atoms with Gasteiger partial charge in [0, 0.05) is 49.5 Å². The summed E-state index contributed by atoms with van der Waals surface area (Å²) in [6, 6.07) is 4.19. The Bertz CT molecular complexity index is 635. The summed E-state index contributed by atoms with van der Waals surface area (Å²) in [5.41, 5.74) is 1.07. The van der Waals surface area contributed by atoms with E-state index in [0.717, 1.165) is 44.0 Å². The van der Waals surface area contributed by atoms with Gasteiger partial charge in [0.2, 0.25) is 0 Å². The number of nitrogens with one attached hydrogen (secondary N) is 1. The normalized spacial score (nSPS) is 25.0. The molecule has 1 amide bonds. The van der Waals surface area contributed by atoms with Crippen molar-refractivity contribution in [3.63, 3.8) is 0 Å². The van der Waals surface area contributed by atoms with Crippen LogP contribution in [0.4, 0.5) is 5.82 Å². The highest BCUT2D eigenvalue weighted by atomic mass is 16.2. The first-order chi connectivity index (χ1) is 12.7. The predicted molar refractivity (Wildman–Crippen MR) is 105 cm³/mol. The first-order valence-corrected chi connectivity index (χ1v) is 10.5. The molecule has 1 aliphatic carbocycles. The fourth-order valence-electron chi connectivity index (χ4n) is 5.16. The van der Waals surface area contributed by atoms with E-state index in [-0.39, 0.29) is 11.4 Å². The molecule has 5 nitrogen and oxygen atoms in total. The maximum atomic E-state index is 13.3. The Labute approximate surface area is 157 Å². The van der Waals surface area contributed by atoms with Crippen molar-refractivity contribution < 1.29 is 4.79 Å². The molecule has 5 heteroatoms. The fourth-order valence-corrected chi connectivity index (χ4v) is 5.16. The lowest BCUT2D eigenvalue weighted by molar-refractivity contribution is 0.0694. The highest BCUT2D eigenvalue weighted by molar-refractivity contribution is 5.95. The average molecular weight is 357 g/mol. The Hall–Kier alpha value is -1.62. The van der Waals surface area contributed by atoms with Crippen molar-refractivity contribution in [2.24, 2.45) is 0 Å². The van der Waals surface area contributed by atoms with Crippen molar-refractivity contribution in [3.05, 3.63) is 23.9 Å². The van der Waals surface area contributed by atoms with Crippen molar-refractivity contribution in [1.29, 1.82) is 0 Å². The van der Waals surface area contributed by atoms with Gasteiger partial charge in [-0.25, -0.2) is 4.98 Å². The molecule has 142 valence electrons. The van der Waals surface area contributed by atoms with Gasteiger partial charge in [0.1, 0.15) is 5.82 Å². The number of rotatable bonds is 4. The van der Waals surface area contributed by atoms with Crippen molar-refractivity contribution in [3.8, 4) is 0 Å². The van der Waals surface area contributed by atoms with Gasteiger partial charge in [-0.15, -0.1) is 0 Å². The lowest BCUT2D eigenvalue weighted by atomic mass is 9.80. The molecule has 1 atom stereocenters. The predicted octanol–water partition coefficient (Wildman–Crippen LogP) is 3.21. The molecule has 3 heterocycles. The van der Waals surface area contributed by atoms with Gasteiger partial charge in [0.25, 0.3) is 5.91 Å². The van der Waals surface area contributed by atoms with Crippen LogP contribution in [0.1, 0.15) is 68.6 Å². The molecule has 0 unspecified atom stereocenters. The van der Waals surface area contributed by atoms with Crippen LogP contribution in [0.3, 0.4) is 0 Å². The second-order valence-corrected chi connectivity index (χ2v) is 8.27. The highest BCUT2D eigenvalue weighted by Crippen LogP contribution is 2.36. The zero-order valence-electron chi connectivity index (χ0n) is 16.0. The molecule has 0 radical (unpaired) electrons. The molecule has 1 spiro atoms. The Balaban J connectivity index is 1.48. The lowest BCUT2D eigenvalue weighted by Gasteiger charge is -2.35. The molecule has 1 saturated carbocycles. The molecule has 3 aliphatic rings. The Morgan fingerprint density at radius 1 is 1.27 bits per heavy atom. The van der Waals surface area contributed by atoms with Crippen LogP contribution in [0.15, 0.2) is 18.3 Å². The molecule has 1 aromatic rings. The summed E-state index contributed by atoms with van der Waals surface area (Å²) >= 11 is 0. The van der Waals surface area contributed by atoms with Crippen molar-refractivity contribution in [2.45, 2.75) is 69.9 Å². The standard InChI is InChI=1S/C21H32N4O/c1-2-25(18-15-21(23-16-18)9-4-3-5-10-21)20(26)17-8-11-22-19(14-17)24-12-6-7-13-24/h8,11,14,18,23H,2-7,9-10,12-13,15-16H2,1H3/t18-/m0/s1. The minimum atomic E-state index is 0.162. The van der Waals surface area contributed by atoms with Gasteiger partial charge in [-0.05, 0) is 51.2 Å². The van der Waals surface area contributed by atoms with E-state index in [0.29, 0.717) is 6.04 Å². The van der Waals surface area contributed by atoms with Crippen LogP contribution in [0.5, 0.6) is 0 Å². The molecular weight excluding hydrogens is 324 g/mol. The van der Waals surface area contributed by atoms with E-state index < -0.39 is 0 Å². The third-order valence-corrected chi connectivity index (χ3v) is 6.61. The van der Waals surface area contributed by atoms with E-state index in [4.69, 9.17) is 0 Å². The fraction of sp³-hybridized carbons (Fsp3) is 0.714. The zero-order chi connectivity index (χ0) is 18.0. The second-order valence-electron chi connectivity index (χ2n) is 8.27. The molecule has 1 aromatic heterocycles. The molecule has 2 saturated heterocycles. The van der Waals surface area contributed by atoms with Gasteiger partial charge in [-0.1, -0.05) is 19.3 Å². The molecule has 3 fully saturated rings. The molecule has 2 aliphatic heterocycles. The number of amides is 1. The molecule has 4 rings (SSSR count). The molecule has 1 N–H and O–H groups in total. The van der Waals surface area contributed by atoms with E-state index in [1.165, 1.54) is 44.9 Å². The maximum Gasteiger partial charge on any atom is 0.254 e. The topological polar surface area (TPSA) is 48.5 Å². The summed E-state index contributed by atoms with van der Waals surface area (Å²) < 4.78 is 0. The summed E-state index contributed by atoms with van der Waals surface area (Å²) in [5.74, 6) is 1.12. The first kappa shape index (κ1) is 17.8. The van der Waals surface area contributed by atoms with E-state index in [1.54, 1.807) is 6.20 Å². The van der Waals surface area contributed by atoms with Gasteiger partial charge in [0.15, 0.2) is 0 Å². The van der Waals surface area contributed by atoms with Crippen LogP contribution in [-0.4, -0.2) is 53.6 Å². The quantitative estimate of drug-likeness (QED) is 0.900. The number of likely N-dealkylation sites (N-methyl/N-ethyl adjacent to an activating group) is 1. The van der Waals surface area contributed by atoms with Crippen LogP contribution in [-0.2, 0) is 0 Å². The van der Waals surface area contributed by atoms with Crippen LogP contribution in [0.25, 0.3) is 0 Å². The van der Waals surface area contributed by atoms with Crippen LogP contribution < -0.4 is 10.2 Å². The summed E-state index contributed by atoms with van der Waals surface area (Å²) in [5, 5.41) is 3.78. The van der Waals surface area contributed by atoms with Gasteiger partial charge >= 0.3 is 0 Å². The van der Waals surface area contributed by atoms with E-state index >= 15 is 0 Å². The smallest absolute Gasteiger partial charge is 0.254 e. The lowest BCUT2D eigenvalue weighted by Crippen LogP contribution is -2.42. The number of hydrogen-bond acceptors (Lipinski definition) is 4. The Morgan fingerprint density at radius 3 is 2.77 bits per heavy atom. The van der Waals surface area contributed by atoms with Crippen LogP contribution in [0.2, 0.25) is 0 Å². The third kappa shape index (κ3) is 3.46. The van der Waals surface area contributed by atoms with Crippen molar-refractivity contribution in [1.82, 2.24) is 15.2 Å². The van der Waals surface area contributed by atoms with Gasteiger partial charge in [0.05, 0.1) is 0 Å². The molecule has 26 heavy (non-hydrogen) atoms. The summed E-state index contributed by atoms with van der Waals surface area (Å²) in [6.45, 7) is 5.91. The molecule has 0 bridgehead atoms. The SMILES string of the molecule is CCN(C(=O)c1ccnc(N2CCCC2)c1)[C@@H]1CNC2(CCCCC2)C1. The number of carbonyl (C=O) groups excluding carboxylic acids is 1. The highest BCUT2D eigenvalue weighted by Gasteiger charge is 2.42. The minimum absolute atomic E-state index is 0.162. The van der Waals surface area contributed by atoms with E-state index in [2.05, 4.69) is 27.0 Å². The number of carbonyl (C=O) groups is 1. The Kier molecular flexibility index (Phi) is 5.16. The van der Waals surface area contributed by atoms with E-state index in [9.17, 15) is 4.79 Å².